The van der Waals surface area contributed by atoms with E-state index < -0.39 is 0 Å². The molecule has 2 aliphatic heterocycles. The molecule has 0 bridgehead atoms. The van der Waals surface area contributed by atoms with E-state index in [9.17, 15) is 4.79 Å². The average Bonchev–Trinajstić information content (AvgIpc) is 2.74. The van der Waals surface area contributed by atoms with E-state index in [4.69, 9.17) is 9.47 Å². The second-order valence-electron chi connectivity index (χ2n) is 5.04. The summed E-state index contributed by atoms with van der Waals surface area (Å²) in [5.41, 5.74) is 0. The number of hydrogen-bond acceptors (Lipinski definition) is 4. The van der Waals surface area contributed by atoms with Crippen molar-refractivity contribution in [3.05, 3.63) is 0 Å². The Morgan fingerprint density at radius 3 is 2.47 bits per heavy atom. The molecule has 2 rings (SSSR count). The summed E-state index contributed by atoms with van der Waals surface area (Å²) in [5, 5.41) is 3.15. The van der Waals surface area contributed by atoms with Gasteiger partial charge in [-0.15, -0.1) is 0 Å². The molecule has 2 saturated heterocycles. The summed E-state index contributed by atoms with van der Waals surface area (Å²) in [7, 11) is 1.88. The van der Waals surface area contributed by atoms with Crippen molar-refractivity contribution >= 4 is 5.91 Å². The fraction of sp³-hybridized carbons (Fsp3) is 0.917. The molecule has 2 aliphatic rings. The SMILES string of the molecule is CNC1COCC1C(=O)N1C[C@@H](C)O[C@@H](C)C1. The Morgan fingerprint density at radius 1 is 1.24 bits per heavy atom. The van der Waals surface area contributed by atoms with Gasteiger partial charge >= 0.3 is 0 Å². The number of carbonyl (C=O) groups excluding carboxylic acids is 1. The van der Waals surface area contributed by atoms with Crippen molar-refractivity contribution in [1.29, 1.82) is 0 Å². The quantitative estimate of drug-likeness (QED) is 0.732. The van der Waals surface area contributed by atoms with Crippen molar-refractivity contribution in [3.63, 3.8) is 0 Å². The van der Waals surface area contributed by atoms with Crippen LogP contribution in [0.5, 0.6) is 0 Å². The topological polar surface area (TPSA) is 50.8 Å². The molecular formula is C12H22N2O3. The monoisotopic (exact) mass is 242 g/mol. The third-order valence-electron chi connectivity index (χ3n) is 3.50. The molecular weight excluding hydrogens is 220 g/mol. The molecule has 1 N–H and O–H groups in total. The van der Waals surface area contributed by atoms with Crippen LogP contribution in [0, 0.1) is 5.92 Å². The number of nitrogens with one attached hydrogen (secondary N) is 1. The van der Waals surface area contributed by atoms with Crippen molar-refractivity contribution in [1.82, 2.24) is 10.2 Å². The van der Waals surface area contributed by atoms with Gasteiger partial charge in [-0.2, -0.15) is 0 Å². The van der Waals surface area contributed by atoms with Crippen LogP contribution in [0.3, 0.4) is 0 Å². The van der Waals surface area contributed by atoms with Gasteiger partial charge < -0.3 is 19.7 Å². The highest BCUT2D eigenvalue weighted by Crippen LogP contribution is 2.19. The first-order valence-corrected chi connectivity index (χ1v) is 6.31. The molecule has 5 nitrogen and oxygen atoms in total. The lowest BCUT2D eigenvalue weighted by atomic mass is 10.0. The standard InChI is InChI=1S/C12H22N2O3/c1-8-4-14(5-9(2)17-8)12(15)10-6-16-7-11(10)13-3/h8-11,13H,4-7H2,1-3H3/t8-,9+,10?,11?. The van der Waals surface area contributed by atoms with Crippen LogP contribution < -0.4 is 5.32 Å². The predicted molar refractivity (Wildman–Crippen MR) is 63.7 cm³/mol. The molecule has 0 aliphatic carbocycles. The largest absolute Gasteiger partial charge is 0.379 e. The summed E-state index contributed by atoms with van der Waals surface area (Å²) in [4.78, 5) is 14.3. The number of carbonyl (C=O) groups is 1. The third-order valence-corrected chi connectivity index (χ3v) is 3.50. The van der Waals surface area contributed by atoms with Crippen molar-refractivity contribution < 1.29 is 14.3 Å². The van der Waals surface area contributed by atoms with E-state index in [2.05, 4.69) is 5.32 Å². The van der Waals surface area contributed by atoms with Crippen molar-refractivity contribution in [2.24, 2.45) is 5.92 Å². The maximum absolute atomic E-state index is 12.4. The normalized spacial score (nSPS) is 38.4. The van der Waals surface area contributed by atoms with Crippen LogP contribution in [0.2, 0.25) is 0 Å². The number of likely N-dealkylation sites (N-methyl/N-ethyl adjacent to an activating group) is 1. The summed E-state index contributed by atoms with van der Waals surface area (Å²) < 4.78 is 11.0. The number of rotatable bonds is 2. The van der Waals surface area contributed by atoms with Gasteiger partial charge in [-0.05, 0) is 20.9 Å². The summed E-state index contributed by atoms with van der Waals surface area (Å²) in [5.74, 6) is 0.154. The van der Waals surface area contributed by atoms with E-state index in [0.29, 0.717) is 26.3 Å². The zero-order chi connectivity index (χ0) is 12.4. The van der Waals surface area contributed by atoms with E-state index in [0.717, 1.165) is 0 Å². The first-order chi connectivity index (χ1) is 8.11. The van der Waals surface area contributed by atoms with Gasteiger partial charge in [-0.3, -0.25) is 4.79 Å². The van der Waals surface area contributed by atoms with Gasteiger partial charge in [0.2, 0.25) is 5.91 Å². The molecule has 2 unspecified atom stereocenters. The molecule has 0 spiro atoms. The van der Waals surface area contributed by atoms with Crippen molar-refractivity contribution in [2.75, 3.05) is 33.4 Å². The van der Waals surface area contributed by atoms with Gasteiger partial charge in [0.15, 0.2) is 0 Å². The van der Waals surface area contributed by atoms with Crippen LogP contribution in [0.25, 0.3) is 0 Å². The lowest BCUT2D eigenvalue weighted by Crippen LogP contribution is -2.52. The Hall–Kier alpha value is -0.650. The minimum Gasteiger partial charge on any atom is -0.379 e. The zero-order valence-electron chi connectivity index (χ0n) is 10.8. The molecule has 0 radical (unpaired) electrons. The predicted octanol–water partition coefficient (Wildman–Crippen LogP) is -0.143. The van der Waals surface area contributed by atoms with Crippen molar-refractivity contribution in [3.8, 4) is 0 Å². The molecule has 1 amide bonds. The van der Waals surface area contributed by atoms with Crippen molar-refractivity contribution in [2.45, 2.75) is 32.1 Å². The lowest BCUT2D eigenvalue weighted by molar-refractivity contribution is -0.147. The minimum absolute atomic E-state index is 0.0440. The van der Waals surface area contributed by atoms with E-state index in [1.807, 2.05) is 25.8 Å². The van der Waals surface area contributed by atoms with Gasteiger partial charge in [-0.1, -0.05) is 0 Å². The highest BCUT2D eigenvalue weighted by molar-refractivity contribution is 5.80. The molecule has 2 heterocycles. The molecule has 2 fully saturated rings. The number of nitrogens with zero attached hydrogens (tertiary/aromatic N) is 1. The van der Waals surface area contributed by atoms with Gasteiger partial charge in [0.25, 0.3) is 0 Å². The Balaban J connectivity index is 1.99. The number of morpholine rings is 1. The zero-order valence-corrected chi connectivity index (χ0v) is 10.8. The second kappa shape index (κ2) is 5.33. The lowest BCUT2D eigenvalue weighted by Gasteiger charge is -2.37. The van der Waals surface area contributed by atoms with E-state index in [1.165, 1.54) is 0 Å². The summed E-state index contributed by atoms with van der Waals surface area (Å²) in [6, 6.07) is 0.149. The minimum atomic E-state index is -0.0440. The van der Waals surface area contributed by atoms with E-state index >= 15 is 0 Å². The number of amides is 1. The highest BCUT2D eigenvalue weighted by atomic mass is 16.5. The van der Waals surface area contributed by atoms with Crippen LogP contribution in [-0.2, 0) is 14.3 Å². The van der Waals surface area contributed by atoms with E-state index in [-0.39, 0.29) is 30.1 Å². The Labute approximate surface area is 102 Å². The van der Waals surface area contributed by atoms with Gasteiger partial charge in [0, 0.05) is 19.1 Å². The Bertz CT molecular complexity index is 275. The summed E-state index contributed by atoms with van der Waals surface area (Å²) in [6.07, 6.45) is 0.246. The maximum atomic E-state index is 12.4. The van der Waals surface area contributed by atoms with E-state index in [1.54, 1.807) is 0 Å². The molecule has 4 atom stereocenters. The molecule has 5 heteroatoms. The van der Waals surface area contributed by atoms with Crippen LogP contribution in [0.4, 0.5) is 0 Å². The fourth-order valence-corrected chi connectivity index (χ4v) is 2.67. The van der Waals surface area contributed by atoms with Gasteiger partial charge in [0.05, 0.1) is 31.3 Å². The van der Waals surface area contributed by atoms with Crippen LogP contribution in [-0.4, -0.2) is 62.4 Å². The maximum Gasteiger partial charge on any atom is 0.229 e. The summed E-state index contributed by atoms with van der Waals surface area (Å²) >= 11 is 0. The Morgan fingerprint density at radius 2 is 1.88 bits per heavy atom. The first kappa shape index (κ1) is 12.8. The molecule has 0 aromatic rings. The first-order valence-electron chi connectivity index (χ1n) is 6.31. The molecule has 0 aromatic carbocycles. The average molecular weight is 242 g/mol. The molecule has 0 aromatic heterocycles. The molecule has 17 heavy (non-hydrogen) atoms. The fourth-order valence-electron chi connectivity index (χ4n) is 2.67. The van der Waals surface area contributed by atoms with Gasteiger partial charge in [0.1, 0.15) is 0 Å². The second-order valence-corrected chi connectivity index (χ2v) is 5.04. The third kappa shape index (κ3) is 2.78. The smallest absolute Gasteiger partial charge is 0.229 e. The highest BCUT2D eigenvalue weighted by Gasteiger charge is 2.37. The molecule has 98 valence electrons. The van der Waals surface area contributed by atoms with Crippen LogP contribution in [0.1, 0.15) is 13.8 Å². The summed E-state index contributed by atoms with van der Waals surface area (Å²) in [6.45, 7) is 6.56. The number of ether oxygens (including phenoxy) is 2. The van der Waals surface area contributed by atoms with Crippen LogP contribution >= 0.6 is 0 Å². The number of hydrogen-bond donors (Lipinski definition) is 1. The Kier molecular flexibility index (Phi) is 4.01. The molecule has 0 saturated carbocycles. The van der Waals surface area contributed by atoms with Crippen LogP contribution in [0.15, 0.2) is 0 Å². The van der Waals surface area contributed by atoms with Gasteiger partial charge in [-0.25, -0.2) is 0 Å².